The first-order chi connectivity index (χ1) is 7.61. The molecule has 3 heteroatoms. The van der Waals surface area contributed by atoms with Crippen molar-refractivity contribution in [3.63, 3.8) is 0 Å². The summed E-state index contributed by atoms with van der Waals surface area (Å²) in [4.78, 5) is 11.3. The third-order valence-corrected chi connectivity index (χ3v) is 2.79. The van der Waals surface area contributed by atoms with Crippen molar-refractivity contribution in [1.29, 1.82) is 0 Å². The fourth-order valence-corrected chi connectivity index (χ4v) is 1.96. The maximum Gasteiger partial charge on any atom is 0.310 e. The molecule has 0 spiro atoms. The van der Waals surface area contributed by atoms with E-state index in [1.54, 1.807) is 0 Å². The van der Waals surface area contributed by atoms with E-state index < -0.39 is 0 Å². The molecule has 0 fully saturated rings. The Balaban J connectivity index is 2.52. The summed E-state index contributed by atoms with van der Waals surface area (Å²) in [6.45, 7) is 2.05. The van der Waals surface area contributed by atoms with Crippen LogP contribution in [0.3, 0.4) is 0 Å². The smallest absolute Gasteiger partial charge is 0.310 e. The Morgan fingerprint density at radius 3 is 2.88 bits per heavy atom. The van der Waals surface area contributed by atoms with Crippen molar-refractivity contribution in [2.24, 2.45) is 7.05 Å². The van der Waals surface area contributed by atoms with Gasteiger partial charge in [-0.05, 0) is 24.6 Å². The molecule has 1 aromatic heterocycles. The maximum atomic E-state index is 11.3. The highest BCUT2D eigenvalue weighted by atomic mass is 16.5. The zero-order valence-electron chi connectivity index (χ0n) is 9.78. The first-order valence-electron chi connectivity index (χ1n) is 5.23. The summed E-state index contributed by atoms with van der Waals surface area (Å²) in [5.41, 5.74) is 3.36. The lowest BCUT2D eigenvalue weighted by Gasteiger charge is -1.99. The molecule has 2 aromatic rings. The molecule has 0 amide bonds. The summed E-state index contributed by atoms with van der Waals surface area (Å²) in [5.74, 6) is -0.200. The fraction of sp³-hybridized carbons (Fsp3) is 0.308. The largest absolute Gasteiger partial charge is 0.469 e. The zero-order chi connectivity index (χ0) is 11.7. The van der Waals surface area contributed by atoms with Crippen LogP contribution in [0.25, 0.3) is 10.9 Å². The quantitative estimate of drug-likeness (QED) is 0.722. The van der Waals surface area contributed by atoms with Gasteiger partial charge in [0.2, 0.25) is 0 Å². The predicted molar refractivity (Wildman–Crippen MR) is 63.4 cm³/mol. The van der Waals surface area contributed by atoms with Gasteiger partial charge in [-0.3, -0.25) is 4.79 Å². The molecule has 84 valence electrons. The topological polar surface area (TPSA) is 31.2 Å². The summed E-state index contributed by atoms with van der Waals surface area (Å²) in [7, 11) is 3.40. The molecule has 0 aliphatic carbocycles. The van der Waals surface area contributed by atoms with Crippen molar-refractivity contribution in [2.45, 2.75) is 13.3 Å². The lowest BCUT2D eigenvalue weighted by molar-refractivity contribution is -0.139. The molecule has 0 aliphatic rings. The number of aromatic nitrogens is 1. The van der Waals surface area contributed by atoms with Crippen molar-refractivity contribution in [1.82, 2.24) is 4.57 Å². The number of fused-ring (bicyclic) bond motifs is 1. The second-order valence-electron chi connectivity index (χ2n) is 4.04. The van der Waals surface area contributed by atoms with Gasteiger partial charge in [0.1, 0.15) is 0 Å². The van der Waals surface area contributed by atoms with E-state index in [1.165, 1.54) is 12.7 Å². The Kier molecular flexibility index (Phi) is 2.69. The molecule has 3 nitrogen and oxygen atoms in total. The molecule has 0 atom stereocenters. The van der Waals surface area contributed by atoms with Crippen LogP contribution in [0.4, 0.5) is 0 Å². The van der Waals surface area contributed by atoms with Crippen molar-refractivity contribution in [3.8, 4) is 0 Å². The molecular formula is C13H15NO2. The number of hydrogen-bond donors (Lipinski definition) is 0. The lowest BCUT2D eigenvalue weighted by atomic mass is 10.1. The molecule has 0 bridgehead atoms. The zero-order valence-corrected chi connectivity index (χ0v) is 9.78. The highest BCUT2D eigenvalue weighted by molar-refractivity contribution is 5.88. The normalized spacial score (nSPS) is 10.7. The third kappa shape index (κ3) is 1.81. The minimum atomic E-state index is -0.200. The van der Waals surface area contributed by atoms with Crippen LogP contribution in [0.1, 0.15) is 11.1 Å². The Morgan fingerprint density at radius 2 is 2.19 bits per heavy atom. The Labute approximate surface area is 94.6 Å². The van der Waals surface area contributed by atoms with Gasteiger partial charge in [0, 0.05) is 24.1 Å². The van der Waals surface area contributed by atoms with Gasteiger partial charge in [-0.25, -0.2) is 0 Å². The van der Waals surface area contributed by atoms with Gasteiger partial charge in [-0.2, -0.15) is 0 Å². The van der Waals surface area contributed by atoms with E-state index in [0.717, 1.165) is 16.5 Å². The number of methoxy groups -OCH3 is 1. The van der Waals surface area contributed by atoms with Crippen molar-refractivity contribution >= 4 is 16.9 Å². The van der Waals surface area contributed by atoms with Gasteiger partial charge in [0.05, 0.1) is 13.5 Å². The highest BCUT2D eigenvalue weighted by Crippen LogP contribution is 2.22. The minimum Gasteiger partial charge on any atom is -0.469 e. The van der Waals surface area contributed by atoms with E-state index in [9.17, 15) is 4.79 Å². The number of carbonyl (C=O) groups excluding carboxylic acids is 1. The first kappa shape index (κ1) is 10.7. The van der Waals surface area contributed by atoms with Gasteiger partial charge in [-0.15, -0.1) is 0 Å². The molecule has 0 saturated heterocycles. The summed E-state index contributed by atoms with van der Waals surface area (Å²) in [6, 6.07) is 6.25. The van der Waals surface area contributed by atoms with E-state index in [-0.39, 0.29) is 5.97 Å². The van der Waals surface area contributed by atoms with Crippen molar-refractivity contribution in [2.75, 3.05) is 7.11 Å². The van der Waals surface area contributed by atoms with Crippen molar-refractivity contribution < 1.29 is 9.53 Å². The van der Waals surface area contributed by atoms with Crippen LogP contribution in [0, 0.1) is 6.92 Å². The van der Waals surface area contributed by atoms with E-state index in [4.69, 9.17) is 4.74 Å². The molecule has 0 aliphatic heterocycles. The minimum absolute atomic E-state index is 0.200. The van der Waals surface area contributed by atoms with Gasteiger partial charge in [-0.1, -0.05) is 11.6 Å². The number of carbonyl (C=O) groups is 1. The van der Waals surface area contributed by atoms with E-state index in [0.29, 0.717) is 6.42 Å². The van der Waals surface area contributed by atoms with Crippen LogP contribution < -0.4 is 0 Å². The molecule has 0 saturated carbocycles. The number of benzene rings is 1. The molecule has 1 heterocycles. The van der Waals surface area contributed by atoms with E-state index in [1.807, 2.05) is 24.7 Å². The third-order valence-electron chi connectivity index (χ3n) is 2.79. The van der Waals surface area contributed by atoms with Crippen LogP contribution in [0.5, 0.6) is 0 Å². The van der Waals surface area contributed by atoms with Crippen LogP contribution in [-0.4, -0.2) is 17.6 Å². The molecule has 1 aromatic carbocycles. The molecular weight excluding hydrogens is 202 g/mol. The molecule has 0 radical (unpaired) electrons. The fourth-order valence-electron chi connectivity index (χ4n) is 1.96. The van der Waals surface area contributed by atoms with E-state index in [2.05, 4.69) is 18.2 Å². The Hall–Kier alpha value is -1.77. The average Bonchev–Trinajstić information content (AvgIpc) is 2.55. The standard InChI is InChI=1S/C13H15NO2/c1-9-4-5-12-11(6-9)10(8-14(12)2)7-13(15)16-3/h4-6,8H,7H2,1-3H3. The SMILES string of the molecule is COC(=O)Cc1cn(C)c2ccc(C)cc12. The van der Waals surface area contributed by atoms with E-state index >= 15 is 0 Å². The lowest BCUT2D eigenvalue weighted by Crippen LogP contribution is -2.03. The molecule has 16 heavy (non-hydrogen) atoms. The number of aryl methyl sites for hydroxylation is 2. The van der Waals surface area contributed by atoms with Crippen LogP contribution in [0.15, 0.2) is 24.4 Å². The summed E-state index contributed by atoms with van der Waals surface area (Å²) in [5, 5.41) is 1.13. The van der Waals surface area contributed by atoms with Gasteiger partial charge < -0.3 is 9.30 Å². The molecule has 2 rings (SSSR count). The van der Waals surface area contributed by atoms with Crippen molar-refractivity contribution in [3.05, 3.63) is 35.5 Å². The molecule has 0 N–H and O–H groups in total. The molecule has 0 unspecified atom stereocenters. The van der Waals surface area contributed by atoms with Gasteiger partial charge in [0.25, 0.3) is 0 Å². The highest BCUT2D eigenvalue weighted by Gasteiger charge is 2.10. The monoisotopic (exact) mass is 217 g/mol. The predicted octanol–water partition coefficient (Wildman–Crippen LogP) is 2.20. The van der Waals surface area contributed by atoms with Crippen LogP contribution in [0.2, 0.25) is 0 Å². The van der Waals surface area contributed by atoms with Crippen LogP contribution in [-0.2, 0) is 23.0 Å². The Morgan fingerprint density at radius 1 is 1.44 bits per heavy atom. The average molecular weight is 217 g/mol. The number of ether oxygens (including phenoxy) is 1. The number of nitrogens with zero attached hydrogens (tertiary/aromatic N) is 1. The summed E-state index contributed by atoms with van der Waals surface area (Å²) in [6.07, 6.45) is 2.32. The van der Waals surface area contributed by atoms with Gasteiger partial charge in [0.15, 0.2) is 0 Å². The first-order valence-corrected chi connectivity index (χ1v) is 5.23. The second-order valence-corrected chi connectivity index (χ2v) is 4.04. The Bertz CT molecular complexity index is 540. The van der Waals surface area contributed by atoms with Crippen LogP contribution >= 0.6 is 0 Å². The summed E-state index contributed by atoms with van der Waals surface area (Å²) < 4.78 is 6.73. The summed E-state index contributed by atoms with van der Waals surface area (Å²) >= 11 is 0. The number of esters is 1. The number of rotatable bonds is 2. The van der Waals surface area contributed by atoms with Gasteiger partial charge >= 0.3 is 5.97 Å². The number of hydrogen-bond acceptors (Lipinski definition) is 2. The second kappa shape index (κ2) is 4.00. The maximum absolute atomic E-state index is 11.3.